The van der Waals surface area contributed by atoms with E-state index in [4.69, 9.17) is 4.74 Å². The van der Waals surface area contributed by atoms with E-state index in [1.165, 1.54) is 12.1 Å². The first-order valence-electron chi connectivity index (χ1n) is 10.2. The normalized spacial score (nSPS) is 27.7. The van der Waals surface area contributed by atoms with Crippen molar-refractivity contribution in [2.24, 2.45) is 23.7 Å². The second-order valence-corrected chi connectivity index (χ2v) is 10.7. The minimum absolute atomic E-state index is 0.237. The zero-order chi connectivity index (χ0) is 22.2. The third-order valence-corrected chi connectivity index (χ3v) is 7.57. The van der Waals surface area contributed by atoms with Crippen LogP contribution in [0.25, 0.3) is 0 Å². The number of alkyl halides is 5. The Morgan fingerprint density at radius 1 is 1.00 bits per heavy atom. The zero-order valence-electron chi connectivity index (χ0n) is 16.8. The predicted molar refractivity (Wildman–Crippen MR) is 102 cm³/mol. The molecule has 0 bridgehead atoms. The average Bonchev–Trinajstić information content (AvgIpc) is 3.40. The molecule has 2 fully saturated rings. The molecule has 0 N–H and O–H groups in total. The quantitative estimate of drug-likeness (QED) is 0.460. The zero-order valence-corrected chi connectivity index (χ0v) is 17.6. The second-order valence-electron chi connectivity index (χ2n) is 8.73. The van der Waals surface area contributed by atoms with Crippen molar-refractivity contribution in [3.63, 3.8) is 0 Å². The number of sulfone groups is 1. The smallest absolute Gasteiger partial charge is 0.453 e. The number of hydrogen-bond acceptors (Lipinski definition) is 3. The van der Waals surface area contributed by atoms with Gasteiger partial charge in [-0.15, -0.1) is 0 Å². The first-order chi connectivity index (χ1) is 13.9. The van der Waals surface area contributed by atoms with Crippen LogP contribution in [0.4, 0.5) is 22.0 Å². The van der Waals surface area contributed by atoms with E-state index in [0.29, 0.717) is 55.8 Å². The highest BCUT2D eigenvalue weighted by Gasteiger charge is 2.58. The Kier molecular flexibility index (Phi) is 6.70. The van der Waals surface area contributed by atoms with Crippen molar-refractivity contribution in [2.75, 3.05) is 12.9 Å². The van der Waals surface area contributed by atoms with E-state index in [2.05, 4.69) is 0 Å². The van der Waals surface area contributed by atoms with Crippen LogP contribution in [0.1, 0.15) is 44.9 Å². The molecule has 0 radical (unpaired) electrons. The lowest BCUT2D eigenvalue weighted by molar-refractivity contribution is -0.288. The maximum atomic E-state index is 13.2. The number of rotatable bonds is 8. The number of hydrogen-bond donors (Lipinski definition) is 0. The molecule has 2 aliphatic carbocycles. The minimum Gasteiger partial charge on any atom is -0.494 e. The summed E-state index contributed by atoms with van der Waals surface area (Å²) in [5, 5.41) is 0. The van der Waals surface area contributed by atoms with Crippen molar-refractivity contribution in [2.45, 2.75) is 61.9 Å². The van der Waals surface area contributed by atoms with Gasteiger partial charge in [0.1, 0.15) is 5.75 Å². The predicted octanol–water partition coefficient (Wildman–Crippen LogP) is 5.89. The summed E-state index contributed by atoms with van der Waals surface area (Å²) < 4.78 is 92.2. The van der Waals surface area contributed by atoms with Gasteiger partial charge in [0.15, 0.2) is 9.84 Å². The molecule has 3 rings (SSSR count). The van der Waals surface area contributed by atoms with Crippen LogP contribution in [0.2, 0.25) is 0 Å². The Bertz CT molecular complexity index is 812. The molecule has 0 heterocycles. The monoisotopic (exact) mass is 454 g/mol. The van der Waals surface area contributed by atoms with E-state index < -0.39 is 34.3 Å². The van der Waals surface area contributed by atoms with E-state index in [9.17, 15) is 30.4 Å². The summed E-state index contributed by atoms with van der Waals surface area (Å²) in [6.45, 7) is 0.506. The molecule has 2 aliphatic rings. The van der Waals surface area contributed by atoms with Gasteiger partial charge in [0.25, 0.3) is 0 Å². The molecule has 0 unspecified atom stereocenters. The van der Waals surface area contributed by atoms with Crippen LogP contribution in [0.3, 0.4) is 0 Å². The molecule has 1 aromatic rings. The van der Waals surface area contributed by atoms with Crippen LogP contribution in [0.5, 0.6) is 5.75 Å². The Balaban J connectivity index is 1.36. The molecule has 2 atom stereocenters. The molecule has 0 spiro atoms. The summed E-state index contributed by atoms with van der Waals surface area (Å²) in [4.78, 5) is 0.237. The first-order valence-corrected chi connectivity index (χ1v) is 12.1. The van der Waals surface area contributed by atoms with E-state index in [-0.39, 0.29) is 4.90 Å². The van der Waals surface area contributed by atoms with Crippen LogP contribution in [0.15, 0.2) is 29.2 Å². The summed E-state index contributed by atoms with van der Waals surface area (Å²) in [6, 6.07) is 6.26. The highest BCUT2D eigenvalue weighted by molar-refractivity contribution is 7.90. The van der Waals surface area contributed by atoms with Gasteiger partial charge in [-0.25, -0.2) is 8.42 Å². The summed E-state index contributed by atoms with van der Waals surface area (Å²) in [7, 11) is -3.24. The fraction of sp³-hybridized carbons (Fsp3) is 0.714. The fourth-order valence-electron chi connectivity index (χ4n) is 4.59. The molecule has 30 heavy (non-hydrogen) atoms. The molecular formula is C21H27F5O3S. The Hall–Kier alpha value is -1.38. The van der Waals surface area contributed by atoms with Crippen molar-refractivity contribution < 1.29 is 35.1 Å². The molecule has 9 heteroatoms. The first kappa shape index (κ1) is 23.3. The summed E-state index contributed by atoms with van der Waals surface area (Å²) >= 11 is 0. The van der Waals surface area contributed by atoms with Crippen LogP contribution in [0, 0.1) is 23.7 Å². The Morgan fingerprint density at radius 3 is 2.13 bits per heavy atom. The van der Waals surface area contributed by atoms with Crippen LogP contribution < -0.4 is 4.74 Å². The van der Waals surface area contributed by atoms with Gasteiger partial charge in [-0.1, -0.05) is 0 Å². The molecule has 0 aromatic heterocycles. The van der Waals surface area contributed by atoms with Crippen LogP contribution >= 0.6 is 0 Å². The lowest BCUT2D eigenvalue weighted by Crippen LogP contribution is -2.38. The van der Waals surface area contributed by atoms with Gasteiger partial charge >= 0.3 is 12.1 Å². The number of benzene rings is 1. The van der Waals surface area contributed by atoms with E-state index >= 15 is 0 Å². The van der Waals surface area contributed by atoms with Gasteiger partial charge in [0, 0.05) is 12.7 Å². The third kappa shape index (κ3) is 5.86. The summed E-state index contributed by atoms with van der Waals surface area (Å²) in [5.41, 5.74) is 0. The van der Waals surface area contributed by atoms with Gasteiger partial charge in [0.2, 0.25) is 0 Å². The molecule has 3 nitrogen and oxygen atoms in total. The maximum Gasteiger partial charge on any atom is 0.453 e. The van der Waals surface area contributed by atoms with Crippen molar-refractivity contribution in [3.8, 4) is 5.75 Å². The molecule has 2 saturated carbocycles. The van der Waals surface area contributed by atoms with Gasteiger partial charge in [0.05, 0.1) is 11.5 Å². The van der Waals surface area contributed by atoms with Crippen molar-refractivity contribution in [1.29, 1.82) is 0 Å². The molecule has 0 amide bonds. The average molecular weight is 455 g/mol. The topological polar surface area (TPSA) is 43.4 Å². The summed E-state index contributed by atoms with van der Waals surface area (Å²) in [5.74, 6) is -3.15. The maximum absolute atomic E-state index is 13.2. The molecule has 0 saturated heterocycles. The SMILES string of the molecule is CS(=O)(=O)c1ccc(OCC[C@@H]2C[C@@H]2C2CCC(CC(F)(F)C(F)(F)F)CC2)cc1. The Labute approximate surface area is 173 Å². The van der Waals surface area contributed by atoms with Gasteiger partial charge < -0.3 is 4.74 Å². The molecule has 1 aromatic carbocycles. The molecule has 170 valence electrons. The lowest BCUT2D eigenvalue weighted by Gasteiger charge is -2.31. The van der Waals surface area contributed by atoms with Gasteiger partial charge in [-0.3, -0.25) is 0 Å². The van der Waals surface area contributed by atoms with Gasteiger partial charge in [-0.2, -0.15) is 22.0 Å². The van der Waals surface area contributed by atoms with E-state index in [1.807, 2.05) is 0 Å². The van der Waals surface area contributed by atoms with E-state index in [1.54, 1.807) is 12.1 Å². The Morgan fingerprint density at radius 2 is 1.60 bits per heavy atom. The third-order valence-electron chi connectivity index (χ3n) is 6.44. The minimum atomic E-state index is -5.46. The number of halogens is 5. The van der Waals surface area contributed by atoms with Crippen molar-refractivity contribution in [1.82, 2.24) is 0 Å². The largest absolute Gasteiger partial charge is 0.494 e. The number of ether oxygens (including phenoxy) is 1. The van der Waals surface area contributed by atoms with Crippen molar-refractivity contribution in [3.05, 3.63) is 24.3 Å². The second kappa shape index (κ2) is 8.63. The standard InChI is InChI=1S/C21H27F5O3S/c1-30(27,28)18-8-6-17(7-9-18)29-11-10-16-12-19(16)15-4-2-14(3-5-15)13-20(22,23)21(24,25)26/h6-9,14-16,19H,2-5,10-13H2,1H3/t14?,15?,16-,19-/m1/s1. The molecular weight excluding hydrogens is 427 g/mol. The highest BCUT2D eigenvalue weighted by Crippen LogP contribution is 2.53. The highest BCUT2D eigenvalue weighted by atomic mass is 32.2. The van der Waals surface area contributed by atoms with Gasteiger partial charge in [-0.05, 0) is 86.5 Å². The molecule has 0 aliphatic heterocycles. The fourth-order valence-corrected chi connectivity index (χ4v) is 5.22. The van der Waals surface area contributed by atoms with Crippen molar-refractivity contribution >= 4 is 9.84 Å². The lowest BCUT2D eigenvalue weighted by atomic mass is 9.77. The van der Waals surface area contributed by atoms with E-state index in [0.717, 1.165) is 19.1 Å². The van der Waals surface area contributed by atoms with Crippen LogP contribution in [-0.4, -0.2) is 33.4 Å². The summed E-state index contributed by atoms with van der Waals surface area (Å²) in [6.07, 6.45) is -1.22. The van der Waals surface area contributed by atoms with Crippen LogP contribution in [-0.2, 0) is 9.84 Å².